The number of carbonyl (C=O) groups excluding carboxylic acids is 2. The van der Waals surface area contributed by atoms with E-state index in [4.69, 9.17) is 9.47 Å². The molecule has 0 bridgehead atoms. The predicted molar refractivity (Wildman–Crippen MR) is 141 cm³/mol. The third-order valence-electron chi connectivity index (χ3n) is 6.96. The molecule has 6 nitrogen and oxygen atoms in total. The van der Waals surface area contributed by atoms with Crippen molar-refractivity contribution in [1.82, 2.24) is 4.90 Å². The molecule has 3 aromatic rings. The van der Waals surface area contributed by atoms with Crippen LogP contribution >= 0.6 is 0 Å². The van der Waals surface area contributed by atoms with Gasteiger partial charge in [-0.3, -0.25) is 9.59 Å². The maximum absolute atomic E-state index is 14.1. The number of methoxy groups -OCH3 is 2. The van der Waals surface area contributed by atoms with Crippen molar-refractivity contribution in [1.29, 1.82) is 0 Å². The molecule has 2 amide bonds. The third-order valence-corrected chi connectivity index (χ3v) is 6.96. The van der Waals surface area contributed by atoms with Crippen LogP contribution < -0.4 is 14.8 Å². The monoisotopic (exact) mass is 486 g/mol. The molecule has 1 N–H and O–H groups in total. The van der Waals surface area contributed by atoms with Crippen molar-refractivity contribution in [2.75, 3.05) is 19.5 Å². The molecule has 0 aromatic heterocycles. The molecule has 1 saturated carbocycles. The minimum absolute atomic E-state index is 0.0520. The molecule has 36 heavy (non-hydrogen) atoms. The van der Waals surface area contributed by atoms with Crippen molar-refractivity contribution < 1.29 is 19.1 Å². The zero-order chi connectivity index (χ0) is 25.4. The van der Waals surface area contributed by atoms with Crippen LogP contribution in [0.1, 0.15) is 43.2 Å². The summed E-state index contributed by atoms with van der Waals surface area (Å²) in [6.45, 7) is 0.375. The van der Waals surface area contributed by atoms with Gasteiger partial charge in [-0.25, -0.2) is 0 Å². The molecule has 1 fully saturated rings. The second-order valence-electron chi connectivity index (χ2n) is 9.24. The van der Waals surface area contributed by atoms with Crippen molar-refractivity contribution in [3.8, 4) is 11.5 Å². The van der Waals surface area contributed by atoms with Gasteiger partial charge in [-0.1, -0.05) is 79.9 Å². The van der Waals surface area contributed by atoms with Gasteiger partial charge in [0.15, 0.2) is 0 Å². The molecule has 3 aromatic carbocycles. The highest BCUT2D eigenvalue weighted by molar-refractivity contribution is 6.01. The van der Waals surface area contributed by atoms with Crippen molar-refractivity contribution >= 4 is 17.5 Å². The molecule has 0 aliphatic heterocycles. The zero-order valence-electron chi connectivity index (χ0n) is 21.0. The number of hydrogen-bond acceptors (Lipinski definition) is 4. The van der Waals surface area contributed by atoms with Gasteiger partial charge in [0.05, 0.1) is 26.3 Å². The largest absolute Gasteiger partial charge is 0.497 e. The summed E-state index contributed by atoms with van der Waals surface area (Å²) in [6.07, 6.45) is 4.30. The summed E-state index contributed by atoms with van der Waals surface area (Å²) in [5, 5.41) is 3.09. The van der Waals surface area contributed by atoms with Crippen LogP contribution in [0.25, 0.3) is 0 Å². The number of carbonyl (C=O) groups is 2. The van der Waals surface area contributed by atoms with E-state index in [1.165, 1.54) is 0 Å². The highest BCUT2D eigenvalue weighted by atomic mass is 16.5. The van der Waals surface area contributed by atoms with Gasteiger partial charge in [-0.05, 0) is 36.1 Å². The molecule has 1 aliphatic carbocycles. The Morgan fingerprint density at radius 1 is 0.833 bits per heavy atom. The average molecular weight is 487 g/mol. The number of nitrogens with one attached hydrogen (secondary N) is 1. The highest BCUT2D eigenvalue weighted by Crippen LogP contribution is 2.38. The van der Waals surface area contributed by atoms with Crippen molar-refractivity contribution in [3.63, 3.8) is 0 Å². The fourth-order valence-electron chi connectivity index (χ4n) is 5.01. The lowest BCUT2D eigenvalue weighted by molar-refractivity contribution is -0.148. The molecule has 0 saturated heterocycles. The van der Waals surface area contributed by atoms with Gasteiger partial charge in [-0.2, -0.15) is 0 Å². The van der Waals surface area contributed by atoms with Gasteiger partial charge in [0.25, 0.3) is 0 Å². The zero-order valence-corrected chi connectivity index (χ0v) is 21.0. The molecule has 0 spiro atoms. The van der Waals surface area contributed by atoms with Crippen LogP contribution in [0.15, 0.2) is 78.9 Å². The molecule has 0 radical (unpaired) electrons. The average Bonchev–Trinajstić information content (AvgIpc) is 2.93. The number of anilines is 1. The number of amides is 2. The number of rotatable bonds is 9. The number of nitrogens with zero attached hydrogens (tertiary/aromatic N) is 1. The first-order chi connectivity index (χ1) is 17.6. The van der Waals surface area contributed by atoms with Crippen molar-refractivity contribution in [2.45, 2.75) is 50.6 Å². The quantitative estimate of drug-likeness (QED) is 0.426. The third kappa shape index (κ3) is 5.70. The van der Waals surface area contributed by atoms with E-state index >= 15 is 0 Å². The normalized spacial score (nSPS) is 14.5. The number of ether oxygens (including phenoxy) is 2. The first-order valence-corrected chi connectivity index (χ1v) is 12.5. The second-order valence-corrected chi connectivity index (χ2v) is 9.24. The van der Waals surface area contributed by atoms with Crippen molar-refractivity contribution in [2.24, 2.45) is 0 Å². The molecule has 4 rings (SSSR count). The molecule has 188 valence electrons. The molecule has 6 heteroatoms. The Kier molecular flexibility index (Phi) is 8.26. The predicted octanol–water partition coefficient (Wildman–Crippen LogP) is 5.62. The maximum Gasteiger partial charge on any atom is 0.250 e. The van der Waals surface area contributed by atoms with Gasteiger partial charge in [0.1, 0.15) is 17.0 Å². The Hall–Kier alpha value is -3.80. The van der Waals surface area contributed by atoms with Crippen LogP contribution in [0, 0.1) is 0 Å². The summed E-state index contributed by atoms with van der Waals surface area (Å²) < 4.78 is 10.8. The molecule has 1 aliphatic rings. The molecule has 0 unspecified atom stereocenters. The summed E-state index contributed by atoms with van der Waals surface area (Å²) in [6, 6.07) is 24.9. The minimum atomic E-state index is -0.953. The van der Waals surface area contributed by atoms with Gasteiger partial charge >= 0.3 is 0 Å². The Morgan fingerprint density at radius 2 is 1.47 bits per heavy atom. The number of benzene rings is 3. The lowest BCUT2D eigenvalue weighted by atomic mass is 9.78. The maximum atomic E-state index is 14.1. The lowest BCUT2D eigenvalue weighted by Gasteiger charge is -2.45. The lowest BCUT2D eigenvalue weighted by Crippen LogP contribution is -2.60. The van der Waals surface area contributed by atoms with E-state index in [-0.39, 0.29) is 18.2 Å². The van der Waals surface area contributed by atoms with Gasteiger partial charge in [-0.15, -0.1) is 0 Å². The summed E-state index contributed by atoms with van der Waals surface area (Å²) in [7, 11) is 3.15. The van der Waals surface area contributed by atoms with Crippen LogP contribution in [0.3, 0.4) is 0 Å². The molecular weight excluding hydrogens is 452 g/mol. The van der Waals surface area contributed by atoms with Crippen LogP contribution in [0.4, 0.5) is 5.69 Å². The fraction of sp³-hybridized carbons (Fsp3) is 0.333. The second kappa shape index (κ2) is 11.8. The number of hydrogen-bond donors (Lipinski definition) is 1. The fourth-order valence-corrected chi connectivity index (χ4v) is 5.01. The van der Waals surface area contributed by atoms with E-state index in [0.29, 0.717) is 36.6 Å². The summed E-state index contributed by atoms with van der Waals surface area (Å²) in [4.78, 5) is 29.8. The van der Waals surface area contributed by atoms with E-state index in [1.54, 1.807) is 32.4 Å². The van der Waals surface area contributed by atoms with Gasteiger partial charge < -0.3 is 19.7 Å². The Bertz CT molecular complexity index is 1160. The summed E-state index contributed by atoms with van der Waals surface area (Å²) >= 11 is 0. The van der Waals surface area contributed by atoms with Crippen LogP contribution in [-0.4, -0.2) is 36.5 Å². The smallest absolute Gasteiger partial charge is 0.250 e. The standard InChI is InChI=1S/C30H34N2O4/c1-35-25-16-17-26(27(21-25)36-2)31-29(34)30(18-10-5-11-19-30)32(22-24-14-8-4-9-15-24)28(33)20-23-12-6-3-7-13-23/h3-4,6-9,12-17,21H,5,10-11,18-20,22H2,1-2H3,(H,31,34). The summed E-state index contributed by atoms with van der Waals surface area (Å²) in [5.74, 6) is 0.923. The SMILES string of the molecule is COc1ccc(NC(=O)C2(N(Cc3ccccc3)C(=O)Cc3ccccc3)CCCCC2)c(OC)c1. The summed E-state index contributed by atoms with van der Waals surface area (Å²) in [5.41, 5.74) is 1.54. The Morgan fingerprint density at radius 3 is 2.08 bits per heavy atom. The molecule has 0 atom stereocenters. The van der Waals surface area contributed by atoms with Gasteiger partial charge in [0, 0.05) is 12.6 Å². The Labute approximate surface area is 213 Å². The first kappa shape index (κ1) is 25.3. The molecule has 0 heterocycles. The van der Waals surface area contributed by atoms with Crippen LogP contribution in [0.2, 0.25) is 0 Å². The van der Waals surface area contributed by atoms with E-state index in [9.17, 15) is 9.59 Å². The van der Waals surface area contributed by atoms with E-state index in [1.807, 2.05) is 65.6 Å². The van der Waals surface area contributed by atoms with Gasteiger partial charge in [0.2, 0.25) is 11.8 Å². The van der Waals surface area contributed by atoms with Crippen LogP contribution in [0.5, 0.6) is 11.5 Å². The van der Waals surface area contributed by atoms with E-state index in [2.05, 4.69) is 5.32 Å². The van der Waals surface area contributed by atoms with Crippen LogP contribution in [-0.2, 0) is 22.6 Å². The molecular formula is C30H34N2O4. The topological polar surface area (TPSA) is 67.9 Å². The van der Waals surface area contributed by atoms with Crippen molar-refractivity contribution in [3.05, 3.63) is 90.0 Å². The minimum Gasteiger partial charge on any atom is -0.497 e. The highest BCUT2D eigenvalue weighted by Gasteiger charge is 2.47. The Balaban J connectivity index is 1.70. The first-order valence-electron chi connectivity index (χ1n) is 12.5. The van der Waals surface area contributed by atoms with E-state index in [0.717, 1.165) is 30.4 Å². The van der Waals surface area contributed by atoms with E-state index < -0.39 is 5.54 Å².